The Bertz CT molecular complexity index is 1030. The summed E-state index contributed by atoms with van der Waals surface area (Å²) in [6.07, 6.45) is 0.444. The number of nitrogens with zero attached hydrogens (tertiary/aromatic N) is 1. The van der Waals surface area contributed by atoms with Crippen molar-refractivity contribution in [1.82, 2.24) is 9.97 Å². The van der Waals surface area contributed by atoms with Gasteiger partial charge in [-0.15, -0.1) is 11.3 Å². The Hall–Kier alpha value is -2.93. The van der Waals surface area contributed by atoms with Gasteiger partial charge in [0, 0.05) is 28.2 Å². The number of H-pyrrole nitrogens is 1. The zero-order valence-electron chi connectivity index (χ0n) is 16.6. The minimum atomic E-state index is -0.352. The van der Waals surface area contributed by atoms with Gasteiger partial charge in [0.2, 0.25) is 5.91 Å². The van der Waals surface area contributed by atoms with Crippen molar-refractivity contribution in [3.8, 4) is 22.0 Å². The van der Waals surface area contributed by atoms with Gasteiger partial charge >= 0.3 is 5.97 Å². The second-order valence-electron chi connectivity index (χ2n) is 6.52. The highest BCUT2D eigenvalue weighted by atomic mass is 32.1. The van der Waals surface area contributed by atoms with Crippen LogP contribution in [0.15, 0.2) is 24.3 Å². The topological polar surface area (TPSA) is 84.1 Å². The van der Waals surface area contributed by atoms with E-state index in [2.05, 4.69) is 10.3 Å². The first-order valence-corrected chi connectivity index (χ1v) is 9.82. The molecule has 0 radical (unpaired) electrons. The standard InChI is InChI=1S/C21H23N3O3S/c1-6-16(25)23-15-9-7-14(8-10-15)20-24-19(13(4)28-20)18-11(2)17(12(3)22-18)21(26)27-5/h7-10,22H,6H2,1-5H3,(H,23,25). The van der Waals surface area contributed by atoms with Gasteiger partial charge in [-0.25, -0.2) is 9.78 Å². The summed E-state index contributed by atoms with van der Waals surface area (Å²) in [6.45, 7) is 7.59. The largest absolute Gasteiger partial charge is 0.465 e. The number of rotatable bonds is 5. The fourth-order valence-electron chi connectivity index (χ4n) is 3.09. The van der Waals surface area contributed by atoms with E-state index in [4.69, 9.17) is 9.72 Å². The Kier molecular flexibility index (Phi) is 5.65. The highest BCUT2D eigenvalue weighted by Crippen LogP contribution is 2.36. The van der Waals surface area contributed by atoms with Crippen LogP contribution >= 0.6 is 11.3 Å². The summed E-state index contributed by atoms with van der Waals surface area (Å²) in [5.41, 5.74) is 5.57. The number of anilines is 1. The molecular weight excluding hydrogens is 374 g/mol. The second-order valence-corrected chi connectivity index (χ2v) is 7.72. The lowest BCUT2D eigenvalue weighted by atomic mass is 10.1. The van der Waals surface area contributed by atoms with Crippen LogP contribution < -0.4 is 5.32 Å². The van der Waals surface area contributed by atoms with E-state index in [1.165, 1.54) is 7.11 Å². The summed E-state index contributed by atoms with van der Waals surface area (Å²) < 4.78 is 4.89. The first kappa shape index (κ1) is 19.8. The number of amides is 1. The highest BCUT2D eigenvalue weighted by Gasteiger charge is 2.22. The number of aromatic amines is 1. The maximum atomic E-state index is 12.1. The number of benzene rings is 1. The molecular formula is C21H23N3O3S. The Morgan fingerprint density at radius 2 is 1.86 bits per heavy atom. The van der Waals surface area contributed by atoms with E-state index in [1.54, 1.807) is 11.3 Å². The number of methoxy groups -OCH3 is 1. The lowest BCUT2D eigenvalue weighted by Crippen LogP contribution is -2.08. The second kappa shape index (κ2) is 7.98. The molecule has 0 atom stereocenters. The van der Waals surface area contributed by atoms with E-state index < -0.39 is 0 Å². The van der Waals surface area contributed by atoms with Crippen molar-refractivity contribution in [3.63, 3.8) is 0 Å². The van der Waals surface area contributed by atoms with E-state index >= 15 is 0 Å². The molecule has 2 heterocycles. The molecule has 146 valence electrons. The van der Waals surface area contributed by atoms with Crippen molar-refractivity contribution in [1.29, 1.82) is 0 Å². The molecule has 2 aromatic heterocycles. The summed E-state index contributed by atoms with van der Waals surface area (Å²) in [4.78, 5) is 32.7. The normalized spacial score (nSPS) is 10.8. The molecule has 3 aromatic rings. The molecule has 0 fully saturated rings. The van der Waals surface area contributed by atoms with Crippen LogP contribution in [0.4, 0.5) is 5.69 Å². The molecule has 28 heavy (non-hydrogen) atoms. The Balaban J connectivity index is 1.94. The minimum Gasteiger partial charge on any atom is -0.465 e. The van der Waals surface area contributed by atoms with Gasteiger partial charge in [0.25, 0.3) is 0 Å². The fraction of sp³-hybridized carbons (Fsp3) is 0.286. The number of aromatic nitrogens is 2. The average molecular weight is 398 g/mol. The quantitative estimate of drug-likeness (QED) is 0.602. The average Bonchev–Trinajstić information content (AvgIpc) is 3.20. The smallest absolute Gasteiger partial charge is 0.339 e. The van der Waals surface area contributed by atoms with Crippen molar-refractivity contribution < 1.29 is 14.3 Å². The number of ether oxygens (including phenoxy) is 1. The van der Waals surface area contributed by atoms with Gasteiger partial charge in [-0.3, -0.25) is 4.79 Å². The van der Waals surface area contributed by atoms with E-state index in [0.29, 0.717) is 12.0 Å². The predicted octanol–water partition coefficient (Wildman–Crippen LogP) is 4.87. The van der Waals surface area contributed by atoms with Crippen LogP contribution in [0.2, 0.25) is 0 Å². The Morgan fingerprint density at radius 1 is 1.18 bits per heavy atom. The SMILES string of the molecule is CCC(=O)Nc1ccc(-c2nc(-c3[nH]c(C)c(C(=O)OC)c3C)c(C)s2)cc1. The summed E-state index contributed by atoms with van der Waals surface area (Å²) >= 11 is 1.59. The van der Waals surface area contributed by atoms with Crippen molar-refractivity contribution >= 4 is 28.9 Å². The van der Waals surface area contributed by atoms with Crippen molar-refractivity contribution in [2.75, 3.05) is 12.4 Å². The lowest BCUT2D eigenvalue weighted by molar-refractivity contribution is -0.115. The van der Waals surface area contributed by atoms with Crippen LogP contribution in [0, 0.1) is 20.8 Å². The number of carbonyl (C=O) groups is 2. The van der Waals surface area contributed by atoms with E-state index in [1.807, 2.05) is 52.0 Å². The molecule has 0 unspecified atom stereocenters. The molecule has 0 saturated carbocycles. The van der Waals surface area contributed by atoms with Crippen molar-refractivity contribution in [2.24, 2.45) is 0 Å². The first-order valence-electron chi connectivity index (χ1n) is 9.01. The summed E-state index contributed by atoms with van der Waals surface area (Å²) in [5, 5.41) is 3.72. The minimum absolute atomic E-state index is 0.0147. The lowest BCUT2D eigenvalue weighted by Gasteiger charge is -2.04. The first-order chi connectivity index (χ1) is 13.3. The summed E-state index contributed by atoms with van der Waals surface area (Å²) in [5.74, 6) is -0.366. The van der Waals surface area contributed by atoms with Gasteiger partial charge in [-0.2, -0.15) is 0 Å². The zero-order valence-corrected chi connectivity index (χ0v) is 17.4. The van der Waals surface area contributed by atoms with Crippen LogP contribution in [-0.4, -0.2) is 29.0 Å². The molecule has 0 aliphatic heterocycles. The molecule has 0 saturated heterocycles. The van der Waals surface area contributed by atoms with E-state index in [-0.39, 0.29) is 11.9 Å². The molecule has 3 rings (SSSR count). The number of esters is 1. The molecule has 2 N–H and O–H groups in total. The fourth-order valence-corrected chi connectivity index (χ4v) is 4.02. The molecule has 0 bridgehead atoms. The third-order valence-corrected chi connectivity index (χ3v) is 5.62. The molecule has 1 amide bonds. The maximum Gasteiger partial charge on any atom is 0.339 e. The van der Waals surface area contributed by atoms with Crippen LogP contribution in [-0.2, 0) is 9.53 Å². The molecule has 0 aliphatic rings. The number of hydrogen-bond donors (Lipinski definition) is 2. The molecule has 7 heteroatoms. The zero-order chi connectivity index (χ0) is 20.4. The van der Waals surface area contributed by atoms with Gasteiger partial charge in [0.05, 0.1) is 18.4 Å². The van der Waals surface area contributed by atoms with E-state index in [9.17, 15) is 9.59 Å². The molecule has 0 aliphatic carbocycles. The number of thiazole rings is 1. The van der Waals surface area contributed by atoms with Crippen LogP contribution in [0.25, 0.3) is 22.0 Å². The third-order valence-electron chi connectivity index (χ3n) is 4.60. The van der Waals surface area contributed by atoms with Crippen LogP contribution in [0.3, 0.4) is 0 Å². The number of nitrogens with one attached hydrogen (secondary N) is 2. The number of carbonyl (C=O) groups excluding carboxylic acids is 2. The van der Waals surface area contributed by atoms with Crippen molar-refractivity contribution in [2.45, 2.75) is 34.1 Å². The monoisotopic (exact) mass is 397 g/mol. The number of hydrogen-bond acceptors (Lipinski definition) is 5. The molecule has 0 spiro atoms. The van der Waals surface area contributed by atoms with Gasteiger partial charge in [-0.05, 0) is 50.6 Å². The van der Waals surface area contributed by atoms with Gasteiger partial charge in [0.15, 0.2) is 0 Å². The van der Waals surface area contributed by atoms with Crippen LogP contribution in [0.5, 0.6) is 0 Å². The maximum absolute atomic E-state index is 12.1. The Morgan fingerprint density at radius 3 is 2.46 bits per heavy atom. The van der Waals surface area contributed by atoms with Crippen LogP contribution in [0.1, 0.15) is 39.8 Å². The number of aryl methyl sites for hydroxylation is 2. The Labute approximate surface area is 168 Å². The van der Waals surface area contributed by atoms with Gasteiger partial charge < -0.3 is 15.0 Å². The van der Waals surface area contributed by atoms with E-state index in [0.717, 1.165) is 43.8 Å². The third kappa shape index (κ3) is 3.71. The summed E-state index contributed by atoms with van der Waals surface area (Å²) in [7, 11) is 1.38. The highest BCUT2D eigenvalue weighted by molar-refractivity contribution is 7.15. The van der Waals surface area contributed by atoms with Gasteiger partial charge in [-0.1, -0.05) is 6.92 Å². The molecule has 1 aromatic carbocycles. The van der Waals surface area contributed by atoms with Crippen molar-refractivity contribution in [3.05, 3.63) is 46.0 Å². The molecule has 6 nitrogen and oxygen atoms in total. The summed E-state index contributed by atoms with van der Waals surface area (Å²) in [6, 6.07) is 7.64. The predicted molar refractivity (Wildman–Crippen MR) is 112 cm³/mol. The van der Waals surface area contributed by atoms with Gasteiger partial charge in [0.1, 0.15) is 10.7 Å².